The van der Waals surface area contributed by atoms with E-state index in [4.69, 9.17) is 5.73 Å². The molecule has 0 spiro atoms. The summed E-state index contributed by atoms with van der Waals surface area (Å²) in [6.07, 6.45) is 6.49. The van der Waals surface area contributed by atoms with Gasteiger partial charge in [0.15, 0.2) is 9.84 Å². The topological polar surface area (TPSA) is 78.0 Å². The molecular formula is C11H19N3O2S. The number of nitrogens with zero attached hydrogens (tertiary/aromatic N) is 2. The molecule has 0 aromatic carbocycles. The van der Waals surface area contributed by atoms with Gasteiger partial charge < -0.3 is 10.3 Å². The molecule has 1 aliphatic rings. The zero-order valence-electron chi connectivity index (χ0n) is 10.0. The number of aryl methyl sites for hydroxylation is 1. The summed E-state index contributed by atoms with van der Waals surface area (Å²) in [5, 5.41) is -0.395. The SMILES string of the molecule is Cn1ccnc1CC(N)C1CCCCS1(=O)=O. The Balaban J connectivity index is 2.09. The Morgan fingerprint density at radius 2 is 2.35 bits per heavy atom. The smallest absolute Gasteiger partial charge is 0.154 e. The Hall–Kier alpha value is -0.880. The fraction of sp³-hybridized carbons (Fsp3) is 0.727. The number of nitrogens with two attached hydrogens (primary N) is 1. The number of aromatic nitrogens is 2. The molecule has 0 saturated carbocycles. The van der Waals surface area contributed by atoms with Gasteiger partial charge in [0.05, 0.1) is 11.0 Å². The largest absolute Gasteiger partial charge is 0.338 e. The van der Waals surface area contributed by atoms with Gasteiger partial charge in [0.2, 0.25) is 0 Å². The van der Waals surface area contributed by atoms with E-state index in [1.807, 2.05) is 17.8 Å². The van der Waals surface area contributed by atoms with Crippen molar-refractivity contribution >= 4 is 9.84 Å². The van der Waals surface area contributed by atoms with Crippen molar-refractivity contribution in [1.82, 2.24) is 9.55 Å². The number of sulfone groups is 1. The second kappa shape index (κ2) is 4.78. The summed E-state index contributed by atoms with van der Waals surface area (Å²) in [7, 11) is -1.11. The molecule has 0 radical (unpaired) electrons. The Kier molecular flexibility index (Phi) is 3.53. The van der Waals surface area contributed by atoms with Gasteiger partial charge in [-0.15, -0.1) is 0 Å². The van der Waals surface area contributed by atoms with Crippen LogP contribution in [0.5, 0.6) is 0 Å². The molecule has 0 aliphatic carbocycles. The van der Waals surface area contributed by atoms with Crippen LogP contribution in [0, 0.1) is 0 Å². The van der Waals surface area contributed by atoms with E-state index in [9.17, 15) is 8.42 Å². The van der Waals surface area contributed by atoms with E-state index < -0.39 is 15.1 Å². The molecule has 6 heteroatoms. The van der Waals surface area contributed by atoms with Crippen molar-refractivity contribution in [2.24, 2.45) is 12.8 Å². The summed E-state index contributed by atoms with van der Waals surface area (Å²) < 4.78 is 25.7. The van der Waals surface area contributed by atoms with Gasteiger partial charge in [-0.1, -0.05) is 6.42 Å². The Morgan fingerprint density at radius 1 is 1.59 bits per heavy atom. The molecule has 1 aromatic heterocycles. The van der Waals surface area contributed by atoms with E-state index in [1.54, 1.807) is 6.20 Å². The summed E-state index contributed by atoms with van der Waals surface area (Å²) in [6, 6.07) is -0.346. The average Bonchev–Trinajstić information content (AvgIpc) is 2.63. The minimum absolute atomic E-state index is 0.284. The van der Waals surface area contributed by atoms with Crippen molar-refractivity contribution in [2.45, 2.75) is 37.0 Å². The standard InChI is InChI=1S/C11H19N3O2S/c1-14-6-5-13-11(14)8-9(12)10-4-2-3-7-17(10,15)16/h5-6,9-10H,2-4,7-8,12H2,1H3. The van der Waals surface area contributed by atoms with Gasteiger partial charge in [0, 0.05) is 31.9 Å². The van der Waals surface area contributed by atoms with E-state index in [-0.39, 0.29) is 11.8 Å². The first-order valence-electron chi connectivity index (χ1n) is 5.94. The Morgan fingerprint density at radius 3 is 2.94 bits per heavy atom. The van der Waals surface area contributed by atoms with Crippen LogP contribution in [-0.4, -0.2) is 35.0 Å². The lowest BCUT2D eigenvalue weighted by Gasteiger charge is -2.27. The molecule has 1 fully saturated rings. The van der Waals surface area contributed by atoms with Gasteiger partial charge in [-0.25, -0.2) is 13.4 Å². The molecular weight excluding hydrogens is 238 g/mol. The average molecular weight is 257 g/mol. The van der Waals surface area contributed by atoms with Crippen LogP contribution in [0.2, 0.25) is 0 Å². The van der Waals surface area contributed by atoms with Crippen molar-refractivity contribution in [3.8, 4) is 0 Å². The zero-order chi connectivity index (χ0) is 12.5. The predicted octanol–water partition coefficient (Wildman–Crippen LogP) is 0.257. The molecule has 5 nitrogen and oxygen atoms in total. The second-order valence-corrected chi connectivity index (χ2v) is 7.06. The molecule has 96 valence electrons. The van der Waals surface area contributed by atoms with E-state index >= 15 is 0 Å². The normalized spacial score (nSPS) is 25.6. The first-order valence-corrected chi connectivity index (χ1v) is 7.65. The fourth-order valence-electron chi connectivity index (χ4n) is 2.40. The minimum Gasteiger partial charge on any atom is -0.338 e. The van der Waals surface area contributed by atoms with Gasteiger partial charge >= 0.3 is 0 Å². The van der Waals surface area contributed by atoms with Crippen LogP contribution in [0.25, 0.3) is 0 Å². The molecule has 0 bridgehead atoms. The van der Waals surface area contributed by atoms with Crippen LogP contribution in [0.1, 0.15) is 25.1 Å². The second-order valence-electron chi connectivity index (χ2n) is 4.72. The number of hydrogen-bond donors (Lipinski definition) is 1. The quantitative estimate of drug-likeness (QED) is 0.842. The molecule has 17 heavy (non-hydrogen) atoms. The number of hydrogen-bond acceptors (Lipinski definition) is 4. The third-order valence-electron chi connectivity index (χ3n) is 3.45. The maximum Gasteiger partial charge on any atom is 0.154 e. The highest BCUT2D eigenvalue weighted by Crippen LogP contribution is 2.22. The van der Waals surface area contributed by atoms with Gasteiger partial charge in [0.1, 0.15) is 5.82 Å². The van der Waals surface area contributed by atoms with Crippen molar-refractivity contribution in [2.75, 3.05) is 5.75 Å². The van der Waals surface area contributed by atoms with Crippen LogP contribution < -0.4 is 5.73 Å². The maximum atomic E-state index is 11.9. The molecule has 1 aliphatic heterocycles. The lowest BCUT2D eigenvalue weighted by atomic mass is 10.0. The molecule has 2 N–H and O–H groups in total. The van der Waals surface area contributed by atoms with Crippen molar-refractivity contribution < 1.29 is 8.42 Å². The van der Waals surface area contributed by atoms with E-state index in [0.717, 1.165) is 18.7 Å². The lowest BCUT2D eigenvalue weighted by molar-refractivity contribution is 0.488. The van der Waals surface area contributed by atoms with Crippen molar-refractivity contribution in [3.63, 3.8) is 0 Å². The highest BCUT2D eigenvalue weighted by Gasteiger charge is 2.34. The summed E-state index contributed by atoms with van der Waals surface area (Å²) in [5.41, 5.74) is 6.05. The first kappa shape index (κ1) is 12.6. The van der Waals surface area contributed by atoms with Crippen LogP contribution in [0.15, 0.2) is 12.4 Å². The first-order chi connectivity index (χ1) is 8.00. The predicted molar refractivity (Wildman–Crippen MR) is 66.3 cm³/mol. The molecule has 0 amide bonds. The number of rotatable bonds is 3. The lowest BCUT2D eigenvalue weighted by Crippen LogP contribution is -2.45. The van der Waals surface area contributed by atoms with Crippen molar-refractivity contribution in [1.29, 1.82) is 0 Å². The number of imidazole rings is 1. The fourth-order valence-corrected chi connectivity index (χ4v) is 4.46. The van der Waals surface area contributed by atoms with Crippen LogP contribution >= 0.6 is 0 Å². The highest BCUT2D eigenvalue weighted by molar-refractivity contribution is 7.92. The highest BCUT2D eigenvalue weighted by atomic mass is 32.2. The molecule has 1 aromatic rings. The summed E-state index contributed by atoms with van der Waals surface area (Å²) in [6.45, 7) is 0. The van der Waals surface area contributed by atoms with Gasteiger partial charge in [-0.3, -0.25) is 0 Å². The minimum atomic E-state index is -3.00. The Labute approximate surface area is 102 Å². The Bertz CT molecular complexity index is 481. The van der Waals surface area contributed by atoms with Gasteiger partial charge in [0.25, 0.3) is 0 Å². The monoisotopic (exact) mass is 257 g/mol. The molecule has 1 saturated heterocycles. The molecule has 2 rings (SSSR count). The third-order valence-corrected chi connectivity index (χ3v) is 5.81. The van der Waals surface area contributed by atoms with Crippen LogP contribution in [-0.2, 0) is 23.3 Å². The third kappa shape index (κ3) is 2.69. The molecule has 2 atom stereocenters. The van der Waals surface area contributed by atoms with E-state index in [2.05, 4.69) is 4.98 Å². The van der Waals surface area contributed by atoms with E-state index in [1.165, 1.54) is 0 Å². The molecule has 2 heterocycles. The summed E-state index contributed by atoms with van der Waals surface area (Å²) in [5.74, 6) is 1.13. The maximum absolute atomic E-state index is 11.9. The van der Waals surface area contributed by atoms with E-state index in [0.29, 0.717) is 12.8 Å². The van der Waals surface area contributed by atoms with Gasteiger partial charge in [-0.2, -0.15) is 0 Å². The summed E-state index contributed by atoms with van der Waals surface area (Å²) >= 11 is 0. The summed E-state index contributed by atoms with van der Waals surface area (Å²) in [4.78, 5) is 4.19. The molecule has 2 unspecified atom stereocenters. The van der Waals surface area contributed by atoms with Crippen LogP contribution in [0.4, 0.5) is 0 Å². The van der Waals surface area contributed by atoms with Crippen molar-refractivity contribution in [3.05, 3.63) is 18.2 Å². The van der Waals surface area contributed by atoms with Crippen LogP contribution in [0.3, 0.4) is 0 Å². The zero-order valence-corrected chi connectivity index (χ0v) is 10.9. The van der Waals surface area contributed by atoms with Gasteiger partial charge in [-0.05, 0) is 12.8 Å².